The average molecular weight is 416 g/mol. The van der Waals surface area contributed by atoms with Crippen LogP contribution in [-0.2, 0) is 10.0 Å². The number of sulfonamides is 1. The van der Waals surface area contributed by atoms with Gasteiger partial charge in [-0.3, -0.25) is 4.79 Å². The summed E-state index contributed by atoms with van der Waals surface area (Å²) >= 11 is 0. The van der Waals surface area contributed by atoms with Gasteiger partial charge in [0, 0.05) is 36.9 Å². The van der Waals surface area contributed by atoms with Gasteiger partial charge in [0.05, 0.1) is 4.90 Å². The highest BCUT2D eigenvalue weighted by atomic mass is 32.2. The highest BCUT2D eigenvalue weighted by Gasteiger charge is 2.27. The van der Waals surface area contributed by atoms with Gasteiger partial charge in [0.1, 0.15) is 0 Å². The minimum atomic E-state index is -3.54. The average Bonchev–Trinajstić information content (AvgIpc) is 3.27. The summed E-state index contributed by atoms with van der Waals surface area (Å²) in [7, 11) is -3.54. The molecular weight excluding hydrogens is 386 g/mol. The van der Waals surface area contributed by atoms with Crippen molar-refractivity contribution in [1.29, 1.82) is 0 Å². The molecule has 0 aliphatic carbocycles. The fourth-order valence-corrected chi connectivity index (χ4v) is 4.95. The number of amides is 1. The Morgan fingerprint density at radius 1 is 1.03 bits per heavy atom. The molecule has 2 aromatic carbocycles. The van der Waals surface area contributed by atoms with Gasteiger partial charge in [0.2, 0.25) is 10.0 Å². The topological polar surface area (TPSA) is 78.5 Å². The number of carbonyl (C=O) groups is 1. The Labute approximate surface area is 173 Å². The highest BCUT2D eigenvalue weighted by molar-refractivity contribution is 7.89. The fourth-order valence-electron chi connectivity index (χ4n) is 3.38. The van der Waals surface area contributed by atoms with Crippen LogP contribution in [0.1, 0.15) is 37.0 Å². The van der Waals surface area contributed by atoms with Crippen LogP contribution >= 0.6 is 0 Å². The molecule has 1 atom stereocenters. The van der Waals surface area contributed by atoms with Crippen molar-refractivity contribution < 1.29 is 13.2 Å². The Balaban J connectivity index is 1.67. The summed E-state index contributed by atoms with van der Waals surface area (Å²) in [6, 6.07) is 16.2. The fraction of sp³-hybridized carbons (Fsp3) is 0.409. The van der Waals surface area contributed by atoms with Gasteiger partial charge in [0.25, 0.3) is 5.91 Å². The van der Waals surface area contributed by atoms with Gasteiger partial charge < -0.3 is 10.6 Å². The first-order chi connectivity index (χ1) is 13.9. The van der Waals surface area contributed by atoms with Gasteiger partial charge in [-0.1, -0.05) is 38.1 Å². The van der Waals surface area contributed by atoms with Crippen molar-refractivity contribution in [2.24, 2.45) is 5.92 Å². The van der Waals surface area contributed by atoms with Gasteiger partial charge in [-0.15, -0.1) is 0 Å². The highest BCUT2D eigenvalue weighted by Crippen LogP contribution is 2.21. The number of benzene rings is 2. The van der Waals surface area contributed by atoms with Crippen LogP contribution in [0.3, 0.4) is 0 Å². The maximum absolute atomic E-state index is 12.8. The van der Waals surface area contributed by atoms with E-state index in [1.54, 1.807) is 18.2 Å². The number of carbonyl (C=O) groups excluding carboxylic acids is 1. The Hall–Kier alpha value is -2.38. The molecule has 1 unspecified atom stereocenters. The molecule has 156 valence electrons. The standard InChI is InChI=1S/C22H29N3O3S/c1-17(2)21(24-19-10-4-3-5-11-19)16-23-22(26)18-9-8-12-20(15-18)29(27,28)25-13-6-7-14-25/h3-5,8-12,15,17,21,24H,6-7,13-14,16H2,1-2H3,(H,23,26). The summed E-state index contributed by atoms with van der Waals surface area (Å²) in [5.74, 6) is 0.0290. The molecular formula is C22H29N3O3S. The van der Waals surface area contributed by atoms with Crippen LogP contribution in [0.4, 0.5) is 5.69 Å². The number of hydrogen-bond donors (Lipinski definition) is 2. The molecule has 7 heteroatoms. The Kier molecular flexibility index (Phi) is 6.92. The number of nitrogens with one attached hydrogen (secondary N) is 2. The van der Waals surface area contributed by atoms with Crippen LogP contribution in [0.25, 0.3) is 0 Å². The molecule has 6 nitrogen and oxygen atoms in total. The van der Waals surface area contributed by atoms with E-state index in [0.717, 1.165) is 18.5 Å². The molecule has 1 aliphatic rings. The number of hydrogen-bond acceptors (Lipinski definition) is 4. The number of nitrogens with zero attached hydrogens (tertiary/aromatic N) is 1. The van der Waals surface area contributed by atoms with E-state index in [1.165, 1.54) is 10.4 Å². The van der Waals surface area contributed by atoms with E-state index in [2.05, 4.69) is 24.5 Å². The van der Waals surface area contributed by atoms with Gasteiger partial charge in [-0.05, 0) is 49.1 Å². The minimum absolute atomic E-state index is 0.0536. The molecule has 0 bridgehead atoms. The Morgan fingerprint density at radius 2 is 1.72 bits per heavy atom. The predicted molar refractivity (Wildman–Crippen MR) is 115 cm³/mol. The van der Waals surface area contributed by atoms with Crippen LogP contribution < -0.4 is 10.6 Å². The second kappa shape index (κ2) is 9.41. The van der Waals surface area contributed by atoms with Crippen molar-refractivity contribution in [2.45, 2.75) is 37.6 Å². The summed E-state index contributed by atoms with van der Waals surface area (Å²) in [6.07, 6.45) is 1.76. The minimum Gasteiger partial charge on any atom is -0.380 e. The third kappa shape index (κ3) is 5.36. The molecule has 0 radical (unpaired) electrons. The zero-order valence-electron chi connectivity index (χ0n) is 17.0. The first kappa shape index (κ1) is 21.3. The van der Waals surface area contributed by atoms with Crippen molar-refractivity contribution >= 4 is 21.6 Å². The second-order valence-electron chi connectivity index (χ2n) is 7.71. The van der Waals surface area contributed by atoms with Gasteiger partial charge in [0.15, 0.2) is 0 Å². The van der Waals surface area contributed by atoms with Crippen molar-refractivity contribution in [1.82, 2.24) is 9.62 Å². The van der Waals surface area contributed by atoms with Crippen LogP contribution in [-0.4, -0.2) is 44.3 Å². The Bertz CT molecular complexity index is 923. The SMILES string of the molecule is CC(C)C(CNC(=O)c1cccc(S(=O)(=O)N2CCCC2)c1)Nc1ccccc1. The van der Waals surface area contributed by atoms with Crippen molar-refractivity contribution in [3.05, 3.63) is 60.2 Å². The zero-order chi connectivity index (χ0) is 20.9. The maximum Gasteiger partial charge on any atom is 0.251 e. The number of anilines is 1. The summed E-state index contributed by atoms with van der Waals surface area (Å²) in [6.45, 7) is 5.71. The lowest BCUT2D eigenvalue weighted by Crippen LogP contribution is -2.39. The van der Waals surface area contributed by atoms with E-state index in [-0.39, 0.29) is 16.8 Å². The smallest absolute Gasteiger partial charge is 0.251 e. The Morgan fingerprint density at radius 3 is 2.38 bits per heavy atom. The van der Waals surface area contributed by atoms with Crippen LogP contribution in [0.15, 0.2) is 59.5 Å². The quantitative estimate of drug-likeness (QED) is 0.693. The van der Waals surface area contributed by atoms with Crippen LogP contribution in [0.5, 0.6) is 0 Å². The van der Waals surface area contributed by atoms with Gasteiger partial charge in [-0.25, -0.2) is 8.42 Å². The lowest BCUT2D eigenvalue weighted by Gasteiger charge is -2.24. The van der Waals surface area contributed by atoms with Crippen molar-refractivity contribution in [3.8, 4) is 0 Å². The summed E-state index contributed by atoms with van der Waals surface area (Å²) in [4.78, 5) is 12.9. The van der Waals surface area contributed by atoms with E-state index in [4.69, 9.17) is 0 Å². The van der Waals surface area contributed by atoms with Crippen molar-refractivity contribution in [2.75, 3.05) is 25.0 Å². The van der Waals surface area contributed by atoms with Gasteiger partial charge >= 0.3 is 0 Å². The van der Waals surface area contributed by atoms with Crippen LogP contribution in [0, 0.1) is 5.92 Å². The number of rotatable bonds is 8. The molecule has 0 aromatic heterocycles. The zero-order valence-corrected chi connectivity index (χ0v) is 17.8. The monoisotopic (exact) mass is 415 g/mol. The maximum atomic E-state index is 12.8. The van der Waals surface area contributed by atoms with E-state index >= 15 is 0 Å². The molecule has 1 aliphatic heterocycles. The van der Waals surface area contributed by atoms with E-state index < -0.39 is 10.0 Å². The molecule has 3 rings (SSSR count). The summed E-state index contributed by atoms with van der Waals surface area (Å²) in [5, 5.41) is 6.38. The lowest BCUT2D eigenvalue weighted by molar-refractivity contribution is 0.0950. The molecule has 1 heterocycles. The first-order valence-corrected chi connectivity index (χ1v) is 11.5. The third-order valence-corrected chi connectivity index (χ3v) is 7.11. The van der Waals surface area contributed by atoms with E-state index in [0.29, 0.717) is 31.1 Å². The molecule has 1 fully saturated rings. The largest absolute Gasteiger partial charge is 0.380 e. The summed E-state index contributed by atoms with van der Waals surface area (Å²) < 4.78 is 27.0. The van der Waals surface area contributed by atoms with E-state index in [9.17, 15) is 13.2 Å². The molecule has 2 N–H and O–H groups in total. The summed E-state index contributed by atoms with van der Waals surface area (Å²) in [5.41, 5.74) is 1.35. The number of para-hydroxylation sites is 1. The normalized spacial score (nSPS) is 16.0. The molecule has 1 amide bonds. The second-order valence-corrected chi connectivity index (χ2v) is 9.65. The molecule has 1 saturated heterocycles. The third-order valence-electron chi connectivity index (χ3n) is 5.21. The molecule has 29 heavy (non-hydrogen) atoms. The predicted octanol–water partition coefficient (Wildman–Crippen LogP) is 3.34. The van der Waals surface area contributed by atoms with Crippen LogP contribution in [0.2, 0.25) is 0 Å². The first-order valence-electron chi connectivity index (χ1n) is 10.1. The van der Waals surface area contributed by atoms with Gasteiger partial charge in [-0.2, -0.15) is 4.31 Å². The molecule has 2 aromatic rings. The lowest BCUT2D eigenvalue weighted by atomic mass is 10.0. The van der Waals surface area contributed by atoms with E-state index in [1.807, 2.05) is 30.3 Å². The molecule has 0 saturated carbocycles. The van der Waals surface area contributed by atoms with Crippen molar-refractivity contribution in [3.63, 3.8) is 0 Å². The molecule has 0 spiro atoms.